The molecular weight excluding hydrogens is 328 g/mol. The summed E-state index contributed by atoms with van der Waals surface area (Å²) < 4.78 is 6.93. The number of halogens is 1. The third kappa shape index (κ3) is 3.64. The fourth-order valence-electron chi connectivity index (χ4n) is 2.13. The predicted octanol–water partition coefficient (Wildman–Crippen LogP) is 4.96. The molecule has 0 atom stereocenters. The molecule has 0 saturated carbocycles. The van der Waals surface area contributed by atoms with E-state index in [-0.39, 0.29) is 5.84 Å². The third-order valence-corrected chi connectivity index (χ3v) is 3.74. The van der Waals surface area contributed by atoms with Gasteiger partial charge in [0.2, 0.25) is 0 Å². The molecule has 110 valence electrons. The molecule has 0 aromatic heterocycles. The molecule has 2 aromatic carbocycles. The van der Waals surface area contributed by atoms with E-state index >= 15 is 0 Å². The van der Waals surface area contributed by atoms with Gasteiger partial charge in [0, 0.05) is 4.47 Å². The lowest BCUT2D eigenvalue weighted by molar-refractivity contribution is 0.471. The maximum Gasteiger partial charge on any atom is 0.138 e. The molecule has 0 saturated heterocycles. The van der Waals surface area contributed by atoms with Crippen LogP contribution in [0.15, 0.2) is 40.9 Å². The zero-order chi connectivity index (χ0) is 15.6. The molecule has 0 radical (unpaired) electrons. The molecule has 2 rings (SSSR count). The Morgan fingerprint density at radius 3 is 2.48 bits per heavy atom. The molecule has 0 aliphatic rings. The highest BCUT2D eigenvalue weighted by molar-refractivity contribution is 9.10. The van der Waals surface area contributed by atoms with Gasteiger partial charge in [-0.05, 0) is 48.2 Å². The quantitative estimate of drug-likeness (QED) is 0.607. The minimum Gasteiger partial charge on any atom is -0.456 e. The van der Waals surface area contributed by atoms with Crippen molar-refractivity contribution in [3.63, 3.8) is 0 Å². The van der Waals surface area contributed by atoms with Crippen molar-refractivity contribution in [3.05, 3.63) is 57.6 Å². The molecule has 0 aliphatic heterocycles. The van der Waals surface area contributed by atoms with Crippen LogP contribution >= 0.6 is 15.9 Å². The van der Waals surface area contributed by atoms with Crippen LogP contribution in [-0.4, -0.2) is 5.84 Å². The summed E-state index contributed by atoms with van der Waals surface area (Å²) in [5.74, 6) is 1.76. The van der Waals surface area contributed by atoms with Crippen LogP contribution in [0.4, 0.5) is 0 Å². The van der Waals surface area contributed by atoms with Crippen molar-refractivity contribution in [2.75, 3.05) is 0 Å². The van der Waals surface area contributed by atoms with E-state index in [1.165, 1.54) is 0 Å². The van der Waals surface area contributed by atoms with E-state index in [0.717, 1.165) is 21.3 Å². The Morgan fingerprint density at radius 2 is 1.86 bits per heavy atom. The number of nitrogens with two attached hydrogens (primary N) is 1. The topological polar surface area (TPSA) is 59.1 Å². The van der Waals surface area contributed by atoms with Gasteiger partial charge in [0.15, 0.2) is 0 Å². The Labute approximate surface area is 133 Å². The van der Waals surface area contributed by atoms with Gasteiger partial charge in [0.05, 0.1) is 5.56 Å². The van der Waals surface area contributed by atoms with Gasteiger partial charge >= 0.3 is 0 Å². The van der Waals surface area contributed by atoms with Gasteiger partial charge in [0.1, 0.15) is 17.3 Å². The molecular formula is C17H19BrN2O. The van der Waals surface area contributed by atoms with Gasteiger partial charge in [-0.3, -0.25) is 5.41 Å². The minimum atomic E-state index is -0.00921. The average Bonchev–Trinajstić information content (AvgIpc) is 2.40. The molecule has 0 amide bonds. The first-order valence-electron chi connectivity index (χ1n) is 6.81. The summed E-state index contributed by atoms with van der Waals surface area (Å²) in [5.41, 5.74) is 8.50. The van der Waals surface area contributed by atoms with Gasteiger partial charge < -0.3 is 10.5 Å². The summed E-state index contributed by atoms with van der Waals surface area (Å²) in [7, 11) is 0. The third-order valence-electron chi connectivity index (χ3n) is 3.24. The van der Waals surface area contributed by atoms with Crippen molar-refractivity contribution >= 4 is 21.8 Å². The molecule has 21 heavy (non-hydrogen) atoms. The number of hydrogen-bond donors (Lipinski definition) is 2. The molecule has 0 heterocycles. The maximum atomic E-state index is 7.70. The second-order valence-electron chi connectivity index (χ2n) is 5.35. The SMILES string of the molecule is Cc1ccc(C(C)C)c(Oc2ccc(Br)cc2C(=N)N)c1. The number of aryl methyl sites for hydroxylation is 1. The lowest BCUT2D eigenvalue weighted by Crippen LogP contribution is -2.12. The van der Waals surface area contributed by atoms with Crippen molar-refractivity contribution in [2.24, 2.45) is 5.73 Å². The van der Waals surface area contributed by atoms with Crippen LogP contribution in [-0.2, 0) is 0 Å². The van der Waals surface area contributed by atoms with Crippen LogP contribution in [0.1, 0.15) is 36.5 Å². The lowest BCUT2D eigenvalue weighted by atomic mass is 10.0. The standard InChI is InChI=1S/C17H19BrN2O/c1-10(2)13-6-4-11(3)8-16(13)21-15-7-5-12(18)9-14(15)17(19)20/h4-10H,1-3H3,(H3,19,20). The Balaban J connectivity index is 2.47. The highest BCUT2D eigenvalue weighted by Crippen LogP contribution is 2.33. The van der Waals surface area contributed by atoms with Crippen molar-refractivity contribution in [1.29, 1.82) is 5.41 Å². The van der Waals surface area contributed by atoms with Crippen LogP contribution < -0.4 is 10.5 Å². The summed E-state index contributed by atoms with van der Waals surface area (Å²) in [6.45, 7) is 6.29. The van der Waals surface area contributed by atoms with Crippen molar-refractivity contribution in [2.45, 2.75) is 26.7 Å². The Kier molecular flexibility index (Phi) is 4.68. The summed E-state index contributed by atoms with van der Waals surface area (Å²) in [4.78, 5) is 0. The average molecular weight is 347 g/mol. The van der Waals surface area contributed by atoms with E-state index in [1.807, 2.05) is 25.1 Å². The second-order valence-corrected chi connectivity index (χ2v) is 6.27. The van der Waals surface area contributed by atoms with E-state index < -0.39 is 0 Å². The van der Waals surface area contributed by atoms with E-state index in [0.29, 0.717) is 17.2 Å². The maximum absolute atomic E-state index is 7.70. The van der Waals surface area contributed by atoms with E-state index in [1.54, 1.807) is 6.07 Å². The van der Waals surface area contributed by atoms with E-state index in [4.69, 9.17) is 15.9 Å². The zero-order valence-electron chi connectivity index (χ0n) is 12.4. The van der Waals surface area contributed by atoms with Gasteiger partial charge in [-0.1, -0.05) is 41.9 Å². The molecule has 4 heteroatoms. The van der Waals surface area contributed by atoms with Crippen molar-refractivity contribution in [1.82, 2.24) is 0 Å². The Hall–Kier alpha value is -1.81. The van der Waals surface area contributed by atoms with Gasteiger partial charge in [-0.2, -0.15) is 0 Å². The van der Waals surface area contributed by atoms with Gasteiger partial charge in [-0.15, -0.1) is 0 Å². The number of amidine groups is 1. The van der Waals surface area contributed by atoms with Crippen LogP contribution in [0, 0.1) is 12.3 Å². The fourth-order valence-corrected chi connectivity index (χ4v) is 2.49. The highest BCUT2D eigenvalue weighted by Gasteiger charge is 2.13. The van der Waals surface area contributed by atoms with Crippen LogP contribution in [0.2, 0.25) is 0 Å². The van der Waals surface area contributed by atoms with Crippen LogP contribution in [0.3, 0.4) is 0 Å². The van der Waals surface area contributed by atoms with Crippen LogP contribution in [0.5, 0.6) is 11.5 Å². The molecule has 0 unspecified atom stereocenters. The number of ether oxygens (including phenoxy) is 1. The van der Waals surface area contributed by atoms with E-state index in [2.05, 4.69) is 41.9 Å². The molecule has 0 aliphatic carbocycles. The number of nitrogen functional groups attached to an aromatic ring is 1. The second kappa shape index (κ2) is 6.31. The molecule has 3 N–H and O–H groups in total. The van der Waals surface area contributed by atoms with Crippen molar-refractivity contribution in [3.8, 4) is 11.5 Å². The summed E-state index contributed by atoms with van der Waals surface area (Å²) >= 11 is 3.39. The fraction of sp³-hybridized carbons (Fsp3) is 0.235. The number of rotatable bonds is 4. The first-order valence-corrected chi connectivity index (χ1v) is 7.60. The lowest BCUT2D eigenvalue weighted by Gasteiger charge is -2.16. The van der Waals surface area contributed by atoms with Gasteiger partial charge in [0.25, 0.3) is 0 Å². The number of nitrogens with one attached hydrogen (secondary N) is 1. The predicted molar refractivity (Wildman–Crippen MR) is 90.5 cm³/mol. The Bertz CT molecular complexity index is 680. The zero-order valence-corrected chi connectivity index (χ0v) is 14.0. The minimum absolute atomic E-state index is 0.00921. The monoisotopic (exact) mass is 346 g/mol. The summed E-state index contributed by atoms with van der Waals surface area (Å²) in [6, 6.07) is 11.7. The van der Waals surface area contributed by atoms with Gasteiger partial charge in [-0.25, -0.2) is 0 Å². The first kappa shape index (κ1) is 15.6. The molecule has 0 spiro atoms. The first-order chi connectivity index (χ1) is 9.88. The normalized spacial score (nSPS) is 10.7. The molecule has 3 nitrogen and oxygen atoms in total. The van der Waals surface area contributed by atoms with Crippen LogP contribution in [0.25, 0.3) is 0 Å². The summed E-state index contributed by atoms with van der Waals surface area (Å²) in [6.07, 6.45) is 0. The van der Waals surface area contributed by atoms with Crippen molar-refractivity contribution < 1.29 is 4.74 Å². The number of benzene rings is 2. The Morgan fingerprint density at radius 1 is 1.14 bits per heavy atom. The number of hydrogen-bond acceptors (Lipinski definition) is 2. The smallest absolute Gasteiger partial charge is 0.138 e. The van der Waals surface area contributed by atoms with E-state index in [9.17, 15) is 0 Å². The highest BCUT2D eigenvalue weighted by atomic mass is 79.9. The molecule has 0 fully saturated rings. The molecule has 0 bridgehead atoms. The molecule has 2 aromatic rings. The summed E-state index contributed by atoms with van der Waals surface area (Å²) in [5, 5.41) is 7.70. The largest absolute Gasteiger partial charge is 0.456 e.